The zero-order valence-corrected chi connectivity index (χ0v) is 13.0. The number of rotatable bonds is 3. The van der Waals surface area contributed by atoms with Crippen molar-refractivity contribution in [1.82, 2.24) is 0 Å². The van der Waals surface area contributed by atoms with Crippen LogP contribution in [0.4, 0.5) is 18.9 Å². The first-order chi connectivity index (χ1) is 10.5. The third-order valence-corrected chi connectivity index (χ3v) is 4.63. The molecule has 1 saturated heterocycles. The van der Waals surface area contributed by atoms with Gasteiger partial charge in [0, 0.05) is 35.3 Å². The highest BCUT2D eigenvalue weighted by atomic mass is 35.7. The molecule has 23 heavy (non-hydrogen) atoms. The van der Waals surface area contributed by atoms with Crippen LogP contribution in [0.2, 0.25) is 0 Å². The van der Waals surface area contributed by atoms with E-state index >= 15 is 0 Å². The molecule has 0 radical (unpaired) electrons. The second kappa shape index (κ2) is 6.02. The van der Waals surface area contributed by atoms with Gasteiger partial charge in [0.1, 0.15) is 0 Å². The molecule has 0 aliphatic carbocycles. The molecule has 10 heteroatoms. The van der Waals surface area contributed by atoms with Crippen molar-refractivity contribution in [3.63, 3.8) is 0 Å². The fourth-order valence-corrected chi connectivity index (χ4v) is 3.78. The Hall–Kier alpha value is -1.79. The van der Waals surface area contributed by atoms with Gasteiger partial charge < -0.3 is 4.90 Å². The predicted octanol–water partition coefficient (Wildman–Crippen LogP) is 2.50. The van der Waals surface area contributed by atoms with Gasteiger partial charge in [-0.3, -0.25) is 4.79 Å². The summed E-state index contributed by atoms with van der Waals surface area (Å²) in [6, 6.07) is 4.38. The summed E-state index contributed by atoms with van der Waals surface area (Å²) in [4.78, 5) is 13.0. The molecule has 1 fully saturated rings. The van der Waals surface area contributed by atoms with Gasteiger partial charge in [-0.2, -0.15) is 18.4 Å². The molecule has 1 unspecified atom stereocenters. The van der Waals surface area contributed by atoms with Crippen LogP contribution >= 0.6 is 10.7 Å². The number of hydrogen-bond acceptors (Lipinski definition) is 4. The van der Waals surface area contributed by atoms with Gasteiger partial charge in [0.05, 0.1) is 22.9 Å². The number of nitriles is 1. The van der Waals surface area contributed by atoms with Crippen LogP contribution in [-0.2, 0) is 20.0 Å². The number of alkyl halides is 3. The average molecular weight is 367 g/mol. The number of amides is 1. The summed E-state index contributed by atoms with van der Waals surface area (Å²) in [5.41, 5.74) is -1.72. The fourth-order valence-electron chi connectivity index (χ4n) is 2.46. The molecular formula is C13H10ClF3N2O3S. The van der Waals surface area contributed by atoms with Crippen molar-refractivity contribution in [3.05, 3.63) is 29.3 Å². The molecule has 0 spiro atoms. The normalized spacial score (nSPS) is 19.0. The second-order valence-corrected chi connectivity index (χ2v) is 7.94. The van der Waals surface area contributed by atoms with Crippen LogP contribution in [0.3, 0.4) is 0 Å². The standard InChI is InChI=1S/C13H10ClF3N2O3S/c14-23(21,22)7-8-3-12(20)19(6-8)10-2-1-9(5-18)11(4-10)13(15,16)17/h1-2,4,8H,3,6-7H2. The number of benzene rings is 1. The van der Waals surface area contributed by atoms with Crippen LogP contribution < -0.4 is 4.90 Å². The Bertz CT molecular complexity index is 787. The molecular weight excluding hydrogens is 357 g/mol. The summed E-state index contributed by atoms with van der Waals surface area (Å²) in [6.45, 7) is -0.0476. The molecule has 1 aliphatic rings. The van der Waals surface area contributed by atoms with Gasteiger partial charge in [-0.25, -0.2) is 8.42 Å². The van der Waals surface area contributed by atoms with Crippen molar-refractivity contribution in [1.29, 1.82) is 5.26 Å². The Morgan fingerprint density at radius 2 is 2.04 bits per heavy atom. The van der Waals surface area contributed by atoms with E-state index in [2.05, 4.69) is 0 Å². The lowest BCUT2D eigenvalue weighted by Gasteiger charge is -2.19. The van der Waals surface area contributed by atoms with Gasteiger partial charge in [-0.15, -0.1) is 0 Å². The number of nitrogens with zero attached hydrogens (tertiary/aromatic N) is 2. The van der Waals surface area contributed by atoms with Crippen LogP contribution in [0.1, 0.15) is 17.5 Å². The van der Waals surface area contributed by atoms with Crippen LogP contribution in [0.5, 0.6) is 0 Å². The first-order valence-electron chi connectivity index (χ1n) is 6.35. The minimum absolute atomic E-state index is 0.0317. The number of anilines is 1. The summed E-state index contributed by atoms with van der Waals surface area (Å²) in [5.74, 6) is -1.51. The van der Waals surface area contributed by atoms with E-state index in [1.165, 1.54) is 12.1 Å². The number of hydrogen-bond donors (Lipinski definition) is 0. The van der Waals surface area contributed by atoms with Gasteiger partial charge in [-0.1, -0.05) is 0 Å². The van der Waals surface area contributed by atoms with Crippen LogP contribution in [0, 0.1) is 17.2 Å². The molecule has 0 saturated carbocycles. The monoisotopic (exact) mass is 366 g/mol. The van der Waals surface area contributed by atoms with Crippen LogP contribution in [0.15, 0.2) is 18.2 Å². The Labute approximate surface area is 134 Å². The topological polar surface area (TPSA) is 78.2 Å². The first kappa shape index (κ1) is 17.6. The van der Waals surface area contributed by atoms with E-state index in [0.29, 0.717) is 6.07 Å². The molecule has 1 amide bonds. The second-order valence-electron chi connectivity index (χ2n) is 5.12. The molecule has 1 heterocycles. The summed E-state index contributed by atoms with van der Waals surface area (Å²) >= 11 is 0. The maximum Gasteiger partial charge on any atom is 0.417 e. The highest BCUT2D eigenvalue weighted by Crippen LogP contribution is 2.36. The predicted molar refractivity (Wildman–Crippen MR) is 76.3 cm³/mol. The van der Waals surface area contributed by atoms with Crippen molar-refractivity contribution >= 4 is 31.3 Å². The summed E-state index contributed by atoms with van der Waals surface area (Å²) < 4.78 is 61.0. The molecule has 0 aromatic heterocycles. The molecule has 1 atom stereocenters. The van der Waals surface area contributed by atoms with Gasteiger partial charge in [0.15, 0.2) is 0 Å². The number of carbonyl (C=O) groups excluding carboxylic acids is 1. The van der Waals surface area contributed by atoms with E-state index < -0.39 is 43.9 Å². The maximum absolute atomic E-state index is 12.9. The third-order valence-electron chi connectivity index (χ3n) is 3.38. The molecule has 1 aliphatic heterocycles. The van der Waals surface area contributed by atoms with E-state index in [1.54, 1.807) is 0 Å². The molecule has 1 aromatic carbocycles. The van der Waals surface area contributed by atoms with E-state index in [9.17, 15) is 26.4 Å². The van der Waals surface area contributed by atoms with Crippen molar-refractivity contribution in [2.24, 2.45) is 5.92 Å². The van der Waals surface area contributed by atoms with E-state index in [-0.39, 0.29) is 18.7 Å². The minimum atomic E-state index is -4.73. The molecule has 0 N–H and O–H groups in total. The third kappa shape index (κ3) is 4.14. The SMILES string of the molecule is N#Cc1ccc(N2CC(CS(=O)(=O)Cl)CC2=O)cc1C(F)(F)F. The Kier molecular flexibility index (Phi) is 4.59. The van der Waals surface area contributed by atoms with Crippen molar-refractivity contribution in [2.75, 3.05) is 17.2 Å². The van der Waals surface area contributed by atoms with Crippen LogP contribution in [-0.4, -0.2) is 26.6 Å². The maximum atomic E-state index is 12.9. The highest BCUT2D eigenvalue weighted by Gasteiger charge is 2.37. The molecule has 2 rings (SSSR count). The van der Waals surface area contributed by atoms with Gasteiger partial charge in [0.25, 0.3) is 0 Å². The largest absolute Gasteiger partial charge is 0.417 e. The van der Waals surface area contributed by atoms with E-state index in [1.807, 2.05) is 0 Å². The first-order valence-corrected chi connectivity index (χ1v) is 8.83. The van der Waals surface area contributed by atoms with E-state index in [0.717, 1.165) is 11.0 Å². The van der Waals surface area contributed by atoms with Gasteiger partial charge >= 0.3 is 6.18 Å². The summed E-state index contributed by atoms with van der Waals surface area (Å²) in [5, 5.41) is 8.75. The number of halogens is 4. The zero-order chi connectivity index (χ0) is 17.4. The van der Waals surface area contributed by atoms with Gasteiger partial charge in [0.2, 0.25) is 15.0 Å². The van der Waals surface area contributed by atoms with Gasteiger partial charge in [-0.05, 0) is 18.2 Å². The average Bonchev–Trinajstić information content (AvgIpc) is 2.75. The van der Waals surface area contributed by atoms with Crippen LogP contribution in [0.25, 0.3) is 0 Å². The molecule has 0 bridgehead atoms. The lowest BCUT2D eigenvalue weighted by atomic mass is 10.1. The summed E-state index contributed by atoms with van der Waals surface area (Å²) in [7, 11) is 1.33. The van der Waals surface area contributed by atoms with Crippen molar-refractivity contribution < 1.29 is 26.4 Å². The van der Waals surface area contributed by atoms with Crippen molar-refractivity contribution in [3.8, 4) is 6.07 Å². The quantitative estimate of drug-likeness (QED) is 0.770. The highest BCUT2D eigenvalue weighted by molar-refractivity contribution is 8.13. The number of carbonyl (C=O) groups is 1. The minimum Gasteiger partial charge on any atom is -0.312 e. The molecule has 124 valence electrons. The molecule has 1 aromatic rings. The smallest absolute Gasteiger partial charge is 0.312 e. The fraction of sp³-hybridized carbons (Fsp3) is 0.385. The Balaban J connectivity index is 2.33. The summed E-state index contributed by atoms with van der Waals surface area (Å²) in [6.07, 6.45) is -4.85. The Morgan fingerprint density at radius 1 is 1.39 bits per heavy atom. The lowest BCUT2D eigenvalue weighted by Crippen LogP contribution is -2.26. The molecule has 5 nitrogen and oxygen atoms in total. The lowest BCUT2D eigenvalue weighted by molar-refractivity contribution is -0.137. The van der Waals surface area contributed by atoms with Crippen molar-refractivity contribution in [2.45, 2.75) is 12.6 Å². The Morgan fingerprint density at radius 3 is 2.57 bits per heavy atom. The van der Waals surface area contributed by atoms with E-state index in [4.69, 9.17) is 15.9 Å². The zero-order valence-electron chi connectivity index (χ0n) is 11.5.